The normalized spacial score (nSPS) is 12.5. The van der Waals surface area contributed by atoms with Crippen molar-refractivity contribution < 1.29 is 9.53 Å². The van der Waals surface area contributed by atoms with Gasteiger partial charge in [-0.3, -0.25) is 14.0 Å². The number of nitrogens with one attached hydrogen (secondary N) is 1. The van der Waals surface area contributed by atoms with Gasteiger partial charge in [0.1, 0.15) is 30.3 Å². The molecule has 1 atom stereocenters. The van der Waals surface area contributed by atoms with Gasteiger partial charge in [0.05, 0.1) is 0 Å². The Bertz CT molecular complexity index is 1010. The summed E-state index contributed by atoms with van der Waals surface area (Å²) in [5, 5.41) is 7.00. The first kappa shape index (κ1) is 18.7. The van der Waals surface area contributed by atoms with E-state index in [1.54, 1.807) is 17.6 Å². The summed E-state index contributed by atoms with van der Waals surface area (Å²) in [7, 11) is 1.57. The maximum absolute atomic E-state index is 12.8. The fraction of sp³-hybridized carbons (Fsp3) is 0.389. The van der Waals surface area contributed by atoms with Gasteiger partial charge in [0.25, 0.3) is 5.56 Å². The number of methoxy groups -OCH3 is 1. The van der Waals surface area contributed by atoms with Crippen LogP contribution in [0.5, 0.6) is 0 Å². The minimum atomic E-state index is -0.403. The van der Waals surface area contributed by atoms with Gasteiger partial charge in [-0.1, -0.05) is 13.8 Å². The molecule has 0 bridgehead atoms. The van der Waals surface area contributed by atoms with Crippen LogP contribution in [0, 0.1) is 0 Å². The van der Waals surface area contributed by atoms with E-state index in [4.69, 9.17) is 4.74 Å². The first-order chi connectivity index (χ1) is 12.9. The number of fused-ring (bicyclic) bond motifs is 1. The molecule has 1 amide bonds. The molecule has 142 valence electrons. The van der Waals surface area contributed by atoms with Crippen LogP contribution >= 0.6 is 0 Å². The zero-order chi connectivity index (χ0) is 19.6. The molecule has 3 aromatic rings. The van der Waals surface area contributed by atoms with Gasteiger partial charge in [0.2, 0.25) is 5.91 Å². The molecule has 0 aliphatic heterocycles. The number of nitrogens with zero attached hydrogens (tertiary/aromatic N) is 5. The van der Waals surface area contributed by atoms with Crippen LogP contribution in [0.2, 0.25) is 0 Å². The van der Waals surface area contributed by atoms with Gasteiger partial charge in [-0.2, -0.15) is 5.10 Å². The SMILES string of the molecule is COC(C)c1nn(CC(=O)Nc2ccncn2)c(=O)c2cc(C(C)C)cn12. The quantitative estimate of drug-likeness (QED) is 0.709. The molecule has 3 rings (SSSR count). The van der Waals surface area contributed by atoms with Gasteiger partial charge < -0.3 is 10.1 Å². The van der Waals surface area contributed by atoms with Gasteiger partial charge in [0, 0.05) is 19.5 Å². The van der Waals surface area contributed by atoms with Gasteiger partial charge in [-0.05, 0) is 30.5 Å². The van der Waals surface area contributed by atoms with Crippen molar-refractivity contribution in [2.24, 2.45) is 0 Å². The van der Waals surface area contributed by atoms with Crippen LogP contribution in [0.1, 0.15) is 44.2 Å². The largest absolute Gasteiger partial charge is 0.374 e. The van der Waals surface area contributed by atoms with Crippen molar-refractivity contribution in [1.29, 1.82) is 0 Å². The van der Waals surface area contributed by atoms with E-state index in [1.807, 2.05) is 19.2 Å². The van der Waals surface area contributed by atoms with E-state index in [1.165, 1.54) is 12.5 Å². The topological polar surface area (TPSA) is 103 Å². The number of aromatic nitrogens is 5. The Morgan fingerprint density at radius 3 is 2.74 bits per heavy atom. The summed E-state index contributed by atoms with van der Waals surface area (Å²) in [6.45, 7) is 5.71. The first-order valence-electron chi connectivity index (χ1n) is 8.62. The van der Waals surface area contributed by atoms with E-state index in [2.05, 4.69) is 34.2 Å². The zero-order valence-corrected chi connectivity index (χ0v) is 15.7. The lowest BCUT2D eigenvalue weighted by Crippen LogP contribution is -2.32. The summed E-state index contributed by atoms with van der Waals surface area (Å²) in [5.41, 5.74) is 1.14. The fourth-order valence-corrected chi connectivity index (χ4v) is 2.68. The van der Waals surface area contributed by atoms with Gasteiger partial charge in [-0.25, -0.2) is 14.6 Å². The van der Waals surface area contributed by atoms with Crippen molar-refractivity contribution >= 4 is 17.2 Å². The smallest absolute Gasteiger partial charge is 0.291 e. The third kappa shape index (κ3) is 3.87. The second-order valence-corrected chi connectivity index (χ2v) is 6.53. The first-order valence-corrected chi connectivity index (χ1v) is 8.62. The highest BCUT2D eigenvalue weighted by molar-refractivity contribution is 5.89. The number of carbonyl (C=O) groups excluding carboxylic acids is 1. The molecule has 0 radical (unpaired) electrons. The van der Waals surface area contributed by atoms with Crippen LogP contribution in [0.4, 0.5) is 5.82 Å². The fourth-order valence-electron chi connectivity index (χ4n) is 2.68. The summed E-state index contributed by atoms with van der Waals surface area (Å²) >= 11 is 0. The Hall–Kier alpha value is -3.07. The number of hydrogen-bond donors (Lipinski definition) is 1. The molecule has 0 spiro atoms. The summed E-state index contributed by atoms with van der Waals surface area (Å²) in [6.07, 6.45) is 4.39. The second-order valence-electron chi connectivity index (χ2n) is 6.53. The van der Waals surface area contributed by atoms with Crippen LogP contribution in [0.3, 0.4) is 0 Å². The predicted molar refractivity (Wildman–Crippen MR) is 99.6 cm³/mol. The molecule has 0 saturated heterocycles. The Morgan fingerprint density at radius 1 is 1.33 bits per heavy atom. The highest BCUT2D eigenvalue weighted by Crippen LogP contribution is 2.20. The van der Waals surface area contributed by atoms with Crippen molar-refractivity contribution in [3.63, 3.8) is 0 Å². The van der Waals surface area contributed by atoms with E-state index in [0.29, 0.717) is 17.2 Å². The van der Waals surface area contributed by atoms with Crippen LogP contribution in [0.25, 0.3) is 5.52 Å². The number of rotatable bonds is 6. The molecule has 0 aliphatic rings. The zero-order valence-electron chi connectivity index (χ0n) is 15.7. The lowest BCUT2D eigenvalue weighted by atomic mass is 10.1. The predicted octanol–water partition coefficient (Wildman–Crippen LogP) is 1.76. The van der Waals surface area contributed by atoms with E-state index in [-0.39, 0.29) is 24.1 Å². The number of carbonyl (C=O) groups is 1. The summed E-state index contributed by atoms with van der Waals surface area (Å²) in [4.78, 5) is 32.9. The van der Waals surface area contributed by atoms with Crippen LogP contribution in [-0.4, -0.2) is 37.2 Å². The molecule has 9 nitrogen and oxygen atoms in total. The average molecular weight is 370 g/mol. The Labute approximate surface area is 156 Å². The molecule has 0 saturated carbocycles. The van der Waals surface area contributed by atoms with Gasteiger partial charge in [0.15, 0.2) is 5.82 Å². The molecule has 9 heteroatoms. The van der Waals surface area contributed by atoms with Crippen molar-refractivity contribution in [1.82, 2.24) is 24.1 Å². The number of anilines is 1. The number of amides is 1. The molecule has 3 aromatic heterocycles. The Kier molecular flexibility index (Phi) is 5.31. The van der Waals surface area contributed by atoms with Crippen LogP contribution < -0.4 is 10.9 Å². The third-order valence-electron chi connectivity index (χ3n) is 4.29. The average Bonchev–Trinajstić information content (AvgIpc) is 3.10. The maximum atomic E-state index is 12.8. The molecule has 1 unspecified atom stereocenters. The maximum Gasteiger partial charge on any atom is 0.291 e. The molecule has 0 fully saturated rings. The Balaban J connectivity index is 2.00. The number of ether oxygens (including phenoxy) is 1. The van der Waals surface area contributed by atoms with E-state index < -0.39 is 5.91 Å². The molecule has 0 aromatic carbocycles. The van der Waals surface area contributed by atoms with Crippen LogP contribution in [0.15, 0.2) is 35.6 Å². The molecule has 0 aliphatic carbocycles. The highest BCUT2D eigenvalue weighted by atomic mass is 16.5. The standard InChI is InChI=1S/C18H22N6O3/c1-11(2)13-7-14-18(26)24(22-17(12(3)27-4)23(14)8-13)9-16(25)21-15-5-6-19-10-20-15/h5-8,10-12H,9H2,1-4H3,(H,19,20,21,25). The number of hydrogen-bond acceptors (Lipinski definition) is 6. The monoisotopic (exact) mass is 370 g/mol. The highest BCUT2D eigenvalue weighted by Gasteiger charge is 2.19. The third-order valence-corrected chi connectivity index (χ3v) is 4.29. The molecule has 27 heavy (non-hydrogen) atoms. The second kappa shape index (κ2) is 7.67. The molecular weight excluding hydrogens is 348 g/mol. The van der Waals surface area contributed by atoms with Crippen molar-refractivity contribution in [2.45, 2.75) is 39.3 Å². The van der Waals surface area contributed by atoms with Crippen molar-refractivity contribution in [3.05, 3.63) is 52.6 Å². The Morgan fingerprint density at radius 2 is 2.11 bits per heavy atom. The minimum Gasteiger partial charge on any atom is -0.374 e. The van der Waals surface area contributed by atoms with Crippen molar-refractivity contribution in [2.75, 3.05) is 12.4 Å². The lowest BCUT2D eigenvalue weighted by Gasteiger charge is -2.14. The minimum absolute atomic E-state index is 0.231. The summed E-state index contributed by atoms with van der Waals surface area (Å²) < 4.78 is 8.29. The van der Waals surface area contributed by atoms with Gasteiger partial charge in [-0.15, -0.1) is 0 Å². The van der Waals surface area contributed by atoms with Crippen molar-refractivity contribution in [3.8, 4) is 0 Å². The van der Waals surface area contributed by atoms with E-state index in [9.17, 15) is 9.59 Å². The van der Waals surface area contributed by atoms with Gasteiger partial charge >= 0.3 is 0 Å². The summed E-state index contributed by atoms with van der Waals surface area (Å²) in [5.74, 6) is 0.761. The lowest BCUT2D eigenvalue weighted by molar-refractivity contribution is -0.117. The van der Waals surface area contributed by atoms with E-state index >= 15 is 0 Å². The summed E-state index contributed by atoms with van der Waals surface area (Å²) in [6, 6.07) is 3.40. The van der Waals surface area contributed by atoms with E-state index in [0.717, 1.165) is 10.2 Å². The molecule has 1 N–H and O–H groups in total. The van der Waals surface area contributed by atoms with Crippen LogP contribution in [-0.2, 0) is 16.1 Å². The molecular formula is C18H22N6O3. The molecule has 3 heterocycles.